The number of aromatic nitrogens is 2. The van der Waals surface area contributed by atoms with Gasteiger partial charge in [-0.1, -0.05) is 0 Å². The lowest BCUT2D eigenvalue weighted by Gasteiger charge is -2.20. The molecule has 0 bridgehead atoms. The standard InChI is InChI=1S/C22H18F3N3O/c1-27-12-11-15-13-19(8-9-20(15)27)29-21-10-7-18(14-26-21)28(2)17-5-3-16(4-6-17)22(23,24)25/h3-14H,1-2H3. The number of pyridine rings is 1. The van der Waals surface area contributed by atoms with Crippen LogP contribution in [0, 0.1) is 0 Å². The highest BCUT2D eigenvalue weighted by molar-refractivity contribution is 5.81. The maximum Gasteiger partial charge on any atom is 0.416 e. The van der Waals surface area contributed by atoms with Gasteiger partial charge in [-0.2, -0.15) is 13.2 Å². The molecule has 0 unspecified atom stereocenters. The van der Waals surface area contributed by atoms with Gasteiger partial charge in [0.05, 0.1) is 17.4 Å². The number of ether oxygens (including phenoxy) is 1. The van der Waals surface area contributed by atoms with Crippen molar-refractivity contribution >= 4 is 22.3 Å². The molecular formula is C22H18F3N3O. The lowest BCUT2D eigenvalue weighted by atomic mass is 10.2. The van der Waals surface area contributed by atoms with Gasteiger partial charge in [0.15, 0.2) is 0 Å². The van der Waals surface area contributed by atoms with Crippen LogP contribution in [0.15, 0.2) is 73.1 Å². The fourth-order valence-electron chi connectivity index (χ4n) is 3.10. The summed E-state index contributed by atoms with van der Waals surface area (Å²) >= 11 is 0. The van der Waals surface area contributed by atoms with E-state index in [2.05, 4.69) is 4.98 Å². The highest BCUT2D eigenvalue weighted by atomic mass is 19.4. The van der Waals surface area contributed by atoms with Crippen molar-refractivity contribution in [1.29, 1.82) is 0 Å². The lowest BCUT2D eigenvalue weighted by molar-refractivity contribution is -0.137. The third-order valence-corrected chi connectivity index (χ3v) is 4.77. The zero-order valence-corrected chi connectivity index (χ0v) is 15.8. The molecule has 0 aliphatic heterocycles. The van der Waals surface area contributed by atoms with Crippen LogP contribution in [0.2, 0.25) is 0 Å². The smallest absolute Gasteiger partial charge is 0.416 e. The first-order chi connectivity index (χ1) is 13.8. The molecule has 0 aliphatic carbocycles. The second-order valence-electron chi connectivity index (χ2n) is 6.71. The first-order valence-electron chi connectivity index (χ1n) is 8.91. The van der Waals surface area contributed by atoms with E-state index in [0.717, 1.165) is 28.7 Å². The Bertz CT molecular complexity index is 1130. The Kier molecular flexibility index (Phi) is 4.66. The van der Waals surface area contributed by atoms with Crippen molar-refractivity contribution in [3.63, 3.8) is 0 Å². The Hall–Kier alpha value is -3.48. The van der Waals surface area contributed by atoms with Crippen LogP contribution < -0.4 is 9.64 Å². The quantitative estimate of drug-likeness (QED) is 0.414. The molecule has 0 saturated carbocycles. The van der Waals surface area contributed by atoms with Crippen molar-refractivity contribution in [3.05, 3.63) is 78.6 Å². The van der Waals surface area contributed by atoms with Gasteiger partial charge < -0.3 is 14.2 Å². The molecule has 2 heterocycles. The summed E-state index contributed by atoms with van der Waals surface area (Å²) < 4.78 is 46.0. The number of nitrogens with zero attached hydrogens (tertiary/aromatic N) is 3. The summed E-state index contributed by atoms with van der Waals surface area (Å²) in [6.45, 7) is 0. The number of fused-ring (bicyclic) bond motifs is 1. The number of alkyl halides is 3. The Morgan fingerprint density at radius 1 is 0.931 bits per heavy atom. The fourth-order valence-corrected chi connectivity index (χ4v) is 3.10. The molecule has 0 N–H and O–H groups in total. The summed E-state index contributed by atoms with van der Waals surface area (Å²) in [4.78, 5) is 6.07. The van der Waals surface area contributed by atoms with Crippen molar-refractivity contribution in [2.24, 2.45) is 7.05 Å². The largest absolute Gasteiger partial charge is 0.439 e. The topological polar surface area (TPSA) is 30.3 Å². The van der Waals surface area contributed by atoms with E-state index in [-0.39, 0.29) is 0 Å². The minimum absolute atomic E-state index is 0.435. The van der Waals surface area contributed by atoms with Gasteiger partial charge in [-0.3, -0.25) is 0 Å². The highest BCUT2D eigenvalue weighted by Crippen LogP contribution is 2.32. The molecule has 0 amide bonds. The van der Waals surface area contributed by atoms with Crippen molar-refractivity contribution in [2.45, 2.75) is 6.18 Å². The Labute approximate surface area is 165 Å². The zero-order valence-electron chi connectivity index (χ0n) is 15.8. The normalized spacial score (nSPS) is 11.6. The van der Waals surface area contributed by atoms with Gasteiger partial charge in [-0.05, 0) is 54.6 Å². The molecule has 0 spiro atoms. The molecule has 0 fully saturated rings. The fraction of sp³-hybridized carbons (Fsp3) is 0.136. The van der Waals surface area contributed by atoms with Crippen molar-refractivity contribution < 1.29 is 17.9 Å². The van der Waals surface area contributed by atoms with E-state index in [1.54, 1.807) is 30.3 Å². The molecule has 4 aromatic rings. The van der Waals surface area contributed by atoms with Crippen LogP contribution in [-0.4, -0.2) is 16.6 Å². The van der Waals surface area contributed by atoms with Gasteiger partial charge >= 0.3 is 6.18 Å². The number of anilines is 2. The molecule has 4 nitrogen and oxygen atoms in total. The number of hydrogen-bond acceptors (Lipinski definition) is 3. The van der Waals surface area contributed by atoms with Crippen LogP contribution in [0.25, 0.3) is 10.9 Å². The monoisotopic (exact) mass is 397 g/mol. The lowest BCUT2D eigenvalue weighted by Crippen LogP contribution is -2.11. The number of benzene rings is 2. The minimum Gasteiger partial charge on any atom is -0.439 e. The molecule has 7 heteroatoms. The van der Waals surface area contributed by atoms with E-state index in [1.807, 2.05) is 42.1 Å². The Morgan fingerprint density at radius 3 is 2.31 bits per heavy atom. The molecule has 2 aromatic heterocycles. The number of aryl methyl sites for hydroxylation is 1. The summed E-state index contributed by atoms with van der Waals surface area (Å²) in [6, 6.07) is 16.4. The van der Waals surface area contributed by atoms with Gasteiger partial charge in [-0.25, -0.2) is 4.98 Å². The van der Waals surface area contributed by atoms with E-state index in [9.17, 15) is 13.2 Å². The Balaban J connectivity index is 1.49. The number of hydrogen-bond donors (Lipinski definition) is 0. The number of rotatable bonds is 4. The molecule has 0 aliphatic rings. The van der Waals surface area contributed by atoms with E-state index in [4.69, 9.17) is 4.74 Å². The van der Waals surface area contributed by atoms with Gasteiger partial charge in [0, 0.05) is 42.9 Å². The van der Waals surface area contributed by atoms with Crippen LogP contribution in [-0.2, 0) is 13.2 Å². The minimum atomic E-state index is -4.35. The average molecular weight is 397 g/mol. The second kappa shape index (κ2) is 7.16. The predicted octanol–water partition coefficient (Wildman–Crippen LogP) is 6.15. The third kappa shape index (κ3) is 3.89. The summed E-state index contributed by atoms with van der Waals surface area (Å²) in [6.07, 6.45) is -0.743. The van der Waals surface area contributed by atoms with Crippen LogP contribution in [0.5, 0.6) is 11.6 Å². The summed E-state index contributed by atoms with van der Waals surface area (Å²) in [5, 5.41) is 1.07. The first-order valence-corrected chi connectivity index (χ1v) is 8.91. The van der Waals surface area contributed by atoms with Crippen LogP contribution >= 0.6 is 0 Å². The van der Waals surface area contributed by atoms with Gasteiger partial charge in [0.1, 0.15) is 5.75 Å². The highest BCUT2D eigenvalue weighted by Gasteiger charge is 2.30. The third-order valence-electron chi connectivity index (χ3n) is 4.77. The number of halogens is 3. The first kappa shape index (κ1) is 18.9. The van der Waals surface area contributed by atoms with Crippen LogP contribution in [0.3, 0.4) is 0 Å². The van der Waals surface area contributed by atoms with Crippen molar-refractivity contribution in [2.75, 3.05) is 11.9 Å². The Morgan fingerprint density at radius 2 is 1.66 bits per heavy atom. The molecule has 148 valence electrons. The zero-order chi connectivity index (χ0) is 20.6. The molecule has 2 aromatic carbocycles. The summed E-state index contributed by atoms with van der Waals surface area (Å²) in [5.74, 6) is 1.12. The molecule has 0 atom stereocenters. The van der Waals surface area contributed by atoms with E-state index in [1.165, 1.54) is 12.1 Å². The van der Waals surface area contributed by atoms with Gasteiger partial charge in [0.25, 0.3) is 0 Å². The molecule has 29 heavy (non-hydrogen) atoms. The maximum atomic E-state index is 12.7. The van der Waals surface area contributed by atoms with E-state index < -0.39 is 11.7 Å². The molecule has 0 radical (unpaired) electrons. The van der Waals surface area contributed by atoms with Gasteiger partial charge in [0.2, 0.25) is 5.88 Å². The van der Waals surface area contributed by atoms with Crippen molar-refractivity contribution in [3.8, 4) is 11.6 Å². The predicted molar refractivity (Wildman–Crippen MR) is 107 cm³/mol. The van der Waals surface area contributed by atoms with Gasteiger partial charge in [-0.15, -0.1) is 0 Å². The van der Waals surface area contributed by atoms with Crippen molar-refractivity contribution in [1.82, 2.24) is 9.55 Å². The van der Waals surface area contributed by atoms with Crippen LogP contribution in [0.4, 0.5) is 24.5 Å². The molecule has 0 saturated heterocycles. The second-order valence-corrected chi connectivity index (χ2v) is 6.71. The van der Waals surface area contributed by atoms with Crippen LogP contribution in [0.1, 0.15) is 5.56 Å². The molecular weight excluding hydrogens is 379 g/mol. The van der Waals surface area contributed by atoms with E-state index in [0.29, 0.717) is 17.3 Å². The average Bonchev–Trinajstić information content (AvgIpc) is 3.08. The maximum absolute atomic E-state index is 12.7. The summed E-state index contributed by atoms with van der Waals surface area (Å²) in [7, 11) is 3.75. The molecule has 4 rings (SSSR count). The summed E-state index contributed by atoms with van der Waals surface area (Å²) in [5.41, 5.74) is 1.80. The van der Waals surface area contributed by atoms with E-state index >= 15 is 0 Å². The SMILES string of the molecule is CN(c1ccc(C(F)(F)F)cc1)c1ccc(Oc2ccc3c(ccn3C)c2)nc1.